The normalized spacial score (nSPS) is 15.1. The van der Waals surface area contributed by atoms with E-state index in [9.17, 15) is 0 Å². The van der Waals surface area contributed by atoms with Crippen molar-refractivity contribution >= 4 is 23.4 Å². The van der Waals surface area contributed by atoms with Crippen LogP contribution in [0.25, 0.3) is 11.3 Å². The zero-order chi connectivity index (χ0) is 17.5. The summed E-state index contributed by atoms with van der Waals surface area (Å²) in [6.07, 6.45) is 9.59. The van der Waals surface area contributed by atoms with Crippen molar-refractivity contribution in [3.8, 4) is 11.3 Å². The summed E-state index contributed by atoms with van der Waals surface area (Å²) in [5.74, 6) is 1.41. The maximum absolute atomic E-state index is 6.34. The fourth-order valence-electron chi connectivity index (χ4n) is 3.02. The van der Waals surface area contributed by atoms with Crippen LogP contribution in [0.4, 0.5) is 11.8 Å². The van der Waals surface area contributed by atoms with Crippen LogP contribution < -0.4 is 10.6 Å². The third-order valence-corrected chi connectivity index (χ3v) is 4.60. The molecule has 25 heavy (non-hydrogen) atoms. The van der Waals surface area contributed by atoms with Crippen molar-refractivity contribution in [2.75, 3.05) is 30.9 Å². The topological polar surface area (TPSA) is 72.0 Å². The fraction of sp³-hybridized carbons (Fsp3) is 0.500. The van der Waals surface area contributed by atoms with Crippen molar-refractivity contribution in [3.63, 3.8) is 0 Å². The molecule has 134 valence electrons. The molecule has 0 aliphatic heterocycles. The monoisotopic (exact) mass is 361 g/mol. The summed E-state index contributed by atoms with van der Waals surface area (Å²) in [4.78, 5) is 13.3. The van der Waals surface area contributed by atoms with Crippen molar-refractivity contribution in [2.24, 2.45) is 0 Å². The van der Waals surface area contributed by atoms with Crippen molar-refractivity contribution in [1.82, 2.24) is 15.0 Å². The number of ether oxygens (including phenoxy) is 1. The molecule has 2 heterocycles. The minimum absolute atomic E-state index is 0.450. The summed E-state index contributed by atoms with van der Waals surface area (Å²) in [5, 5.41) is 7.19. The number of methoxy groups -OCH3 is 1. The second-order valence-corrected chi connectivity index (χ2v) is 6.63. The largest absolute Gasteiger partial charge is 0.383 e. The molecule has 3 rings (SSSR count). The highest BCUT2D eigenvalue weighted by Crippen LogP contribution is 2.28. The Labute approximate surface area is 153 Å². The molecule has 0 unspecified atom stereocenters. The molecule has 2 aromatic heterocycles. The van der Waals surface area contributed by atoms with E-state index in [2.05, 4.69) is 25.6 Å². The second-order valence-electron chi connectivity index (χ2n) is 6.22. The van der Waals surface area contributed by atoms with E-state index in [1.807, 2.05) is 12.1 Å². The van der Waals surface area contributed by atoms with E-state index in [0.29, 0.717) is 35.9 Å². The van der Waals surface area contributed by atoms with E-state index >= 15 is 0 Å². The first-order valence-electron chi connectivity index (χ1n) is 8.74. The first-order valence-corrected chi connectivity index (χ1v) is 9.12. The molecule has 1 saturated carbocycles. The summed E-state index contributed by atoms with van der Waals surface area (Å²) in [6, 6.07) is 4.29. The number of pyridine rings is 1. The molecule has 0 amide bonds. The Morgan fingerprint density at radius 2 is 2.08 bits per heavy atom. The minimum Gasteiger partial charge on any atom is -0.383 e. The lowest BCUT2D eigenvalue weighted by Gasteiger charge is -2.22. The van der Waals surface area contributed by atoms with Crippen LogP contribution in [-0.2, 0) is 4.74 Å². The van der Waals surface area contributed by atoms with Crippen LogP contribution in [0, 0.1) is 0 Å². The highest BCUT2D eigenvalue weighted by atomic mass is 35.5. The van der Waals surface area contributed by atoms with Crippen molar-refractivity contribution in [3.05, 3.63) is 29.5 Å². The molecule has 0 atom stereocenters. The lowest BCUT2D eigenvalue weighted by atomic mass is 9.96. The maximum atomic E-state index is 6.34. The van der Waals surface area contributed by atoms with Gasteiger partial charge in [0.2, 0.25) is 5.95 Å². The van der Waals surface area contributed by atoms with Crippen LogP contribution in [-0.4, -0.2) is 41.3 Å². The van der Waals surface area contributed by atoms with Crippen molar-refractivity contribution < 1.29 is 4.74 Å². The zero-order valence-electron chi connectivity index (χ0n) is 14.5. The number of nitrogens with zero attached hydrogens (tertiary/aromatic N) is 3. The smallest absolute Gasteiger partial charge is 0.223 e. The third-order valence-electron chi connectivity index (χ3n) is 4.33. The SMILES string of the molecule is COCCNc1cc(-c2nc(NC3CCCCC3)ncc2Cl)ccn1. The highest BCUT2D eigenvalue weighted by molar-refractivity contribution is 6.32. The Kier molecular flexibility index (Phi) is 6.42. The molecule has 1 aliphatic carbocycles. The Balaban J connectivity index is 1.76. The molecule has 0 radical (unpaired) electrons. The number of nitrogens with one attached hydrogen (secondary N) is 2. The van der Waals surface area contributed by atoms with Gasteiger partial charge in [0.1, 0.15) is 5.82 Å². The van der Waals surface area contributed by atoms with E-state index in [1.54, 1.807) is 19.5 Å². The Morgan fingerprint density at radius 1 is 1.24 bits per heavy atom. The van der Waals surface area contributed by atoms with Crippen molar-refractivity contribution in [1.29, 1.82) is 0 Å². The Morgan fingerprint density at radius 3 is 2.88 bits per heavy atom. The number of halogens is 1. The number of hydrogen-bond donors (Lipinski definition) is 2. The summed E-state index contributed by atoms with van der Waals surface area (Å²) in [6.45, 7) is 1.31. The highest BCUT2D eigenvalue weighted by Gasteiger charge is 2.15. The molecule has 2 aromatic rings. The van der Waals surface area contributed by atoms with E-state index < -0.39 is 0 Å². The van der Waals surface area contributed by atoms with Crippen LogP contribution in [0.2, 0.25) is 5.02 Å². The second kappa shape index (κ2) is 8.97. The van der Waals surface area contributed by atoms with E-state index in [4.69, 9.17) is 16.3 Å². The molecular formula is C18H24ClN5O. The average Bonchev–Trinajstić information content (AvgIpc) is 2.65. The van der Waals surface area contributed by atoms with Gasteiger partial charge in [-0.05, 0) is 25.0 Å². The predicted molar refractivity (Wildman–Crippen MR) is 101 cm³/mol. The number of anilines is 2. The Bertz CT molecular complexity index is 691. The van der Waals surface area contributed by atoms with Gasteiger partial charge in [0, 0.05) is 31.5 Å². The van der Waals surface area contributed by atoms with Gasteiger partial charge in [0.15, 0.2) is 0 Å². The first kappa shape index (κ1) is 17.9. The van der Waals surface area contributed by atoms with Gasteiger partial charge >= 0.3 is 0 Å². The molecule has 0 aromatic carbocycles. The van der Waals surface area contributed by atoms with Gasteiger partial charge in [-0.3, -0.25) is 0 Å². The average molecular weight is 362 g/mol. The molecule has 6 nitrogen and oxygen atoms in total. The standard InChI is InChI=1S/C18H24ClN5O/c1-25-10-9-21-16-11-13(7-8-20-16)17-15(19)12-22-18(24-17)23-14-5-3-2-4-6-14/h7-8,11-12,14H,2-6,9-10H2,1H3,(H,20,21)(H,22,23,24). The maximum Gasteiger partial charge on any atom is 0.223 e. The van der Waals surface area contributed by atoms with E-state index in [-0.39, 0.29) is 0 Å². The quantitative estimate of drug-likeness (QED) is 0.726. The van der Waals surface area contributed by atoms with Crippen LogP contribution in [0.1, 0.15) is 32.1 Å². The van der Waals surface area contributed by atoms with E-state index in [1.165, 1.54) is 32.1 Å². The van der Waals surface area contributed by atoms with Gasteiger partial charge in [-0.1, -0.05) is 30.9 Å². The fourth-order valence-corrected chi connectivity index (χ4v) is 3.22. The summed E-state index contributed by atoms with van der Waals surface area (Å²) in [7, 11) is 1.67. The molecule has 2 N–H and O–H groups in total. The molecule has 0 saturated heterocycles. The number of aromatic nitrogens is 3. The summed E-state index contributed by atoms with van der Waals surface area (Å²) < 4.78 is 5.05. The molecule has 0 spiro atoms. The number of rotatable bonds is 7. The van der Waals surface area contributed by atoms with Crippen LogP contribution >= 0.6 is 11.6 Å². The summed E-state index contributed by atoms with van der Waals surface area (Å²) >= 11 is 6.34. The van der Waals surface area contributed by atoms with Gasteiger partial charge in [-0.15, -0.1) is 0 Å². The van der Waals surface area contributed by atoms with Gasteiger partial charge in [0.05, 0.1) is 23.5 Å². The Hall–Kier alpha value is -1.92. The van der Waals surface area contributed by atoms with Gasteiger partial charge in [0.25, 0.3) is 0 Å². The van der Waals surface area contributed by atoms with Gasteiger partial charge in [-0.2, -0.15) is 0 Å². The molecule has 0 bridgehead atoms. The first-order chi connectivity index (χ1) is 12.3. The van der Waals surface area contributed by atoms with Crippen LogP contribution in [0.15, 0.2) is 24.5 Å². The molecule has 1 aliphatic rings. The lowest BCUT2D eigenvalue weighted by molar-refractivity contribution is 0.210. The molecule has 7 heteroatoms. The number of hydrogen-bond acceptors (Lipinski definition) is 6. The molecule has 1 fully saturated rings. The van der Waals surface area contributed by atoms with E-state index in [0.717, 1.165) is 11.4 Å². The minimum atomic E-state index is 0.450. The predicted octanol–water partition coefficient (Wildman–Crippen LogP) is 3.99. The van der Waals surface area contributed by atoms with Gasteiger partial charge in [-0.25, -0.2) is 15.0 Å². The van der Waals surface area contributed by atoms with Crippen LogP contribution in [0.3, 0.4) is 0 Å². The van der Waals surface area contributed by atoms with Crippen LogP contribution in [0.5, 0.6) is 0 Å². The van der Waals surface area contributed by atoms with Crippen molar-refractivity contribution in [2.45, 2.75) is 38.1 Å². The zero-order valence-corrected chi connectivity index (χ0v) is 15.2. The summed E-state index contributed by atoms with van der Waals surface area (Å²) in [5.41, 5.74) is 1.63. The lowest BCUT2D eigenvalue weighted by Crippen LogP contribution is -2.23. The third kappa shape index (κ3) is 5.03. The molecular weight excluding hydrogens is 338 g/mol. The van der Waals surface area contributed by atoms with Gasteiger partial charge < -0.3 is 15.4 Å².